The van der Waals surface area contributed by atoms with E-state index in [-0.39, 0.29) is 0 Å². The minimum atomic E-state index is 1.14. The zero-order valence-electron chi connectivity index (χ0n) is 6.21. The summed E-state index contributed by atoms with van der Waals surface area (Å²) in [5, 5.41) is 0. The largest absolute Gasteiger partial charge is 0.125 e. The number of hydrogen-bond donors (Lipinski definition) is 0. The minimum absolute atomic E-state index is 1.14. The molecule has 1 aliphatic heterocycles. The highest BCUT2D eigenvalue weighted by Crippen LogP contribution is 2.25. The second-order valence-electron chi connectivity index (χ2n) is 2.48. The van der Waals surface area contributed by atoms with Gasteiger partial charge in [0, 0.05) is 10.6 Å². The van der Waals surface area contributed by atoms with Crippen molar-refractivity contribution in [1.82, 2.24) is 0 Å². The number of hydrogen-bond acceptors (Lipinski definition) is 1. The van der Waals surface area contributed by atoms with Crippen molar-refractivity contribution in [2.24, 2.45) is 0 Å². The summed E-state index contributed by atoms with van der Waals surface area (Å²) in [6.45, 7) is 0. The normalized spacial score (nSPS) is 15.6. The van der Waals surface area contributed by atoms with Gasteiger partial charge in [-0.1, -0.05) is 24.3 Å². The Morgan fingerprint density at radius 3 is 3.18 bits per heavy atom. The monoisotopic (exact) mass is 161 g/mol. The van der Waals surface area contributed by atoms with Crippen LogP contribution in [0.2, 0.25) is 0 Å². The molecule has 1 heteroatoms. The van der Waals surface area contributed by atoms with E-state index in [0.717, 1.165) is 6.42 Å². The molecule has 1 aromatic rings. The quantitative estimate of drug-likeness (QED) is 0.563. The van der Waals surface area contributed by atoms with E-state index in [1.807, 2.05) is 11.8 Å². The zero-order chi connectivity index (χ0) is 7.52. The summed E-state index contributed by atoms with van der Waals surface area (Å²) in [5.74, 6) is 1.18. The fraction of sp³-hybridized carbons (Fsp3) is 0.200. The molecule has 0 aliphatic carbocycles. The Kier molecular flexibility index (Phi) is 1.99. The van der Waals surface area contributed by atoms with Crippen molar-refractivity contribution in [1.29, 1.82) is 0 Å². The van der Waals surface area contributed by atoms with E-state index in [0.29, 0.717) is 0 Å². The fourth-order valence-electron chi connectivity index (χ4n) is 1.12. The second-order valence-corrected chi connectivity index (χ2v) is 3.62. The van der Waals surface area contributed by atoms with E-state index in [4.69, 9.17) is 0 Å². The highest BCUT2D eigenvalue weighted by molar-refractivity contribution is 7.99. The summed E-state index contributed by atoms with van der Waals surface area (Å²) in [5.41, 5.74) is 1.25. The Balaban J connectivity index is 2.45. The lowest BCUT2D eigenvalue weighted by Crippen LogP contribution is -1.77. The summed E-state index contributed by atoms with van der Waals surface area (Å²) in [4.78, 5) is 1.36. The first-order chi connectivity index (χ1) is 5.47. The lowest BCUT2D eigenvalue weighted by atomic mass is 10.2. The van der Waals surface area contributed by atoms with Gasteiger partial charge in [0.2, 0.25) is 0 Å². The number of thioether (sulfide) groups is 1. The predicted octanol–water partition coefficient (Wildman–Crippen LogP) is 2.89. The molecule has 11 heavy (non-hydrogen) atoms. The molecule has 1 aromatic carbocycles. The summed E-state index contributed by atoms with van der Waals surface area (Å²) in [6, 6.07) is 8.42. The number of fused-ring (bicyclic) bond motifs is 1. The molecule has 1 aliphatic rings. The maximum absolute atomic E-state index is 3.28. The van der Waals surface area contributed by atoms with Gasteiger partial charge in [0.05, 0.1) is 0 Å². The van der Waals surface area contributed by atoms with E-state index in [1.165, 1.54) is 16.2 Å². The second kappa shape index (κ2) is 3.14. The molecular weight excluding hydrogens is 152 g/mol. The summed E-state index contributed by atoms with van der Waals surface area (Å²) in [7, 11) is 0. The topological polar surface area (TPSA) is 0 Å². The van der Waals surface area contributed by atoms with Crippen LogP contribution in [0.1, 0.15) is 12.0 Å². The van der Waals surface area contributed by atoms with Crippen LogP contribution in [-0.2, 0) is 0 Å². The Bertz CT molecular complexity index is 276. The van der Waals surface area contributed by atoms with Crippen molar-refractivity contribution >= 4 is 11.8 Å². The van der Waals surface area contributed by atoms with Crippen LogP contribution in [0.3, 0.4) is 0 Å². The molecule has 0 fully saturated rings. The van der Waals surface area contributed by atoms with Crippen molar-refractivity contribution in [3.63, 3.8) is 0 Å². The van der Waals surface area contributed by atoms with Crippen molar-refractivity contribution in [2.45, 2.75) is 11.3 Å². The average Bonchev–Trinajstić information content (AvgIpc) is 2.28. The Hall–Kier alpha value is -0.690. The third-order valence-corrected chi connectivity index (χ3v) is 2.77. The molecule has 0 bridgehead atoms. The van der Waals surface area contributed by atoms with Gasteiger partial charge in [0.15, 0.2) is 0 Å². The lowest BCUT2D eigenvalue weighted by Gasteiger charge is -1.99. The van der Waals surface area contributed by atoms with Crippen LogP contribution in [0.4, 0.5) is 0 Å². The van der Waals surface area contributed by atoms with E-state index in [2.05, 4.69) is 36.4 Å². The highest BCUT2D eigenvalue weighted by Gasteiger charge is 2.01. The molecule has 2 rings (SSSR count). The predicted molar refractivity (Wildman–Crippen MR) is 48.7 cm³/mol. The molecule has 0 nitrogen and oxygen atoms in total. The molecule has 0 atom stereocenters. The first kappa shape index (κ1) is 6.99. The van der Waals surface area contributed by atoms with E-state index in [9.17, 15) is 0 Å². The summed E-state index contributed by atoms with van der Waals surface area (Å²) >= 11 is 1.92. The van der Waals surface area contributed by atoms with Gasteiger partial charge >= 0.3 is 0 Å². The SMILES string of the molecule is [C]1=CCCSc2ccccc21. The minimum Gasteiger partial charge on any atom is -0.125 e. The van der Waals surface area contributed by atoms with Crippen molar-refractivity contribution in [3.8, 4) is 0 Å². The van der Waals surface area contributed by atoms with Gasteiger partial charge < -0.3 is 0 Å². The van der Waals surface area contributed by atoms with E-state index < -0.39 is 0 Å². The molecule has 0 aromatic heterocycles. The summed E-state index contributed by atoms with van der Waals surface area (Å²) < 4.78 is 0. The van der Waals surface area contributed by atoms with Gasteiger partial charge in [-0.15, -0.1) is 11.8 Å². The van der Waals surface area contributed by atoms with Crippen LogP contribution < -0.4 is 0 Å². The van der Waals surface area contributed by atoms with E-state index in [1.54, 1.807) is 0 Å². The van der Waals surface area contributed by atoms with Gasteiger partial charge in [-0.25, -0.2) is 0 Å². The van der Waals surface area contributed by atoms with Gasteiger partial charge in [-0.3, -0.25) is 0 Å². The van der Waals surface area contributed by atoms with Crippen molar-refractivity contribution in [3.05, 3.63) is 42.0 Å². The third-order valence-electron chi connectivity index (χ3n) is 1.66. The molecule has 1 heterocycles. The zero-order valence-corrected chi connectivity index (χ0v) is 7.03. The van der Waals surface area contributed by atoms with Crippen LogP contribution in [0.5, 0.6) is 0 Å². The van der Waals surface area contributed by atoms with Crippen LogP contribution >= 0.6 is 11.8 Å². The van der Waals surface area contributed by atoms with Crippen molar-refractivity contribution in [2.75, 3.05) is 5.75 Å². The van der Waals surface area contributed by atoms with Crippen LogP contribution in [-0.4, -0.2) is 5.75 Å². The number of allylic oxidation sites excluding steroid dienone is 1. The van der Waals surface area contributed by atoms with Gasteiger partial charge in [-0.2, -0.15) is 0 Å². The molecule has 55 valence electrons. The number of benzene rings is 1. The van der Waals surface area contributed by atoms with Crippen LogP contribution in [0, 0.1) is 6.08 Å². The highest BCUT2D eigenvalue weighted by atomic mass is 32.2. The molecule has 0 spiro atoms. The maximum atomic E-state index is 3.28. The lowest BCUT2D eigenvalue weighted by molar-refractivity contribution is 1.24. The fourth-order valence-corrected chi connectivity index (χ4v) is 2.03. The Morgan fingerprint density at radius 1 is 1.27 bits per heavy atom. The van der Waals surface area contributed by atoms with Crippen LogP contribution in [0.15, 0.2) is 35.2 Å². The molecule has 1 radical (unpaired) electrons. The third kappa shape index (κ3) is 1.48. The summed E-state index contributed by atoms with van der Waals surface area (Å²) in [6.07, 6.45) is 6.54. The molecule has 0 saturated carbocycles. The smallest absolute Gasteiger partial charge is 0.0151 e. The Labute approximate surface area is 71.3 Å². The molecule has 0 saturated heterocycles. The van der Waals surface area contributed by atoms with Crippen LogP contribution in [0.25, 0.3) is 0 Å². The first-order valence-corrected chi connectivity index (χ1v) is 4.75. The molecule has 0 N–H and O–H groups in total. The molecule has 0 amide bonds. The average molecular weight is 161 g/mol. The Morgan fingerprint density at radius 2 is 2.18 bits per heavy atom. The van der Waals surface area contributed by atoms with Gasteiger partial charge in [0.1, 0.15) is 0 Å². The van der Waals surface area contributed by atoms with Crippen molar-refractivity contribution < 1.29 is 0 Å². The number of rotatable bonds is 0. The van der Waals surface area contributed by atoms with Gasteiger partial charge in [-0.05, 0) is 24.1 Å². The molecular formula is C10H9S. The maximum Gasteiger partial charge on any atom is 0.0151 e. The van der Waals surface area contributed by atoms with E-state index >= 15 is 0 Å². The standard InChI is InChI=1S/C10H9S/c1-2-7-10-9(5-1)6-3-4-8-11-10/h1-3,5,7H,4,8H2. The molecule has 0 unspecified atom stereocenters. The first-order valence-electron chi connectivity index (χ1n) is 3.77. The van der Waals surface area contributed by atoms with Gasteiger partial charge in [0.25, 0.3) is 0 Å².